The average Bonchev–Trinajstić information content (AvgIpc) is 2.78. The molecule has 1 atom stereocenters. The Bertz CT molecular complexity index is 480. The number of ether oxygens (including phenoxy) is 1. The van der Waals surface area contributed by atoms with Gasteiger partial charge in [-0.3, -0.25) is 4.98 Å². The lowest BCUT2D eigenvalue weighted by molar-refractivity contribution is 0.190. The molecule has 0 fully saturated rings. The van der Waals surface area contributed by atoms with Gasteiger partial charge in [0, 0.05) is 11.8 Å². The van der Waals surface area contributed by atoms with Crippen LogP contribution in [0.3, 0.4) is 0 Å². The summed E-state index contributed by atoms with van der Waals surface area (Å²) in [5.74, 6) is 0.744. The van der Waals surface area contributed by atoms with Crippen molar-refractivity contribution in [3.8, 4) is 5.75 Å². The fraction of sp³-hybridized carbons (Fsp3) is 0.308. The quantitative estimate of drug-likeness (QED) is 0.905. The monoisotopic (exact) mass is 249 g/mol. The summed E-state index contributed by atoms with van der Waals surface area (Å²) in [4.78, 5) is 5.07. The number of benzene rings is 1. The largest absolute Gasteiger partial charge is 0.488 e. The van der Waals surface area contributed by atoms with Crippen molar-refractivity contribution < 1.29 is 9.84 Å². The smallest absolute Gasteiger partial charge is 0.125 e. The van der Waals surface area contributed by atoms with Crippen LogP contribution in [0.15, 0.2) is 29.9 Å². The van der Waals surface area contributed by atoms with E-state index < -0.39 is 6.10 Å². The summed E-state index contributed by atoms with van der Waals surface area (Å²) >= 11 is 1.56. The third-order valence-electron chi connectivity index (χ3n) is 2.47. The van der Waals surface area contributed by atoms with Gasteiger partial charge in [0.1, 0.15) is 12.4 Å². The van der Waals surface area contributed by atoms with Gasteiger partial charge >= 0.3 is 0 Å². The molecule has 1 aromatic heterocycles. The summed E-state index contributed by atoms with van der Waals surface area (Å²) in [6, 6.07) is 5.83. The molecular formula is C13H15NO2S. The lowest BCUT2D eigenvalue weighted by Crippen LogP contribution is -2.00. The Morgan fingerprint density at radius 3 is 2.94 bits per heavy atom. The molecule has 3 nitrogen and oxygen atoms in total. The van der Waals surface area contributed by atoms with Gasteiger partial charge in [-0.1, -0.05) is 12.1 Å². The fourth-order valence-electron chi connectivity index (χ4n) is 1.57. The Labute approximate surface area is 105 Å². The molecule has 0 aliphatic carbocycles. The first-order chi connectivity index (χ1) is 8.16. The average molecular weight is 249 g/mol. The predicted molar refractivity (Wildman–Crippen MR) is 68.3 cm³/mol. The SMILES string of the molecule is Cc1ccc([C@H](C)O)c(OCc2cncs2)c1. The van der Waals surface area contributed by atoms with Gasteiger partial charge in [0.05, 0.1) is 16.5 Å². The van der Waals surface area contributed by atoms with Gasteiger partial charge in [-0.2, -0.15) is 0 Å². The number of aryl methyl sites for hydroxylation is 1. The van der Waals surface area contributed by atoms with Crippen LogP contribution >= 0.6 is 11.3 Å². The van der Waals surface area contributed by atoms with Crippen molar-refractivity contribution in [2.75, 3.05) is 0 Å². The molecule has 1 heterocycles. The van der Waals surface area contributed by atoms with Crippen LogP contribution in [-0.2, 0) is 6.61 Å². The van der Waals surface area contributed by atoms with E-state index in [2.05, 4.69) is 4.98 Å². The van der Waals surface area contributed by atoms with Gasteiger partial charge in [0.15, 0.2) is 0 Å². The summed E-state index contributed by atoms with van der Waals surface area (Å²) in [6.45, 7) is 4.24. The summed E-state index contributed by atoms with van der Waals surface area (Å²) in [7, 11) is 0. The second-order valence-corrected chi connectivity index (χ2v) is 4.94. The predicted octanol–water partition coefficient (Wildman–Crippen LogP) is 3.08. The third-order valence-corrected chi connectivity index (χ3v) is 3.23. The maximum atomic E-state index is 9.66. The maximum absolute atomic E-state index is 9.66. The van der Waals surface area contributed by atoms with Gasteiger partial charge < -0.3 is 9.84 Å². The van der Waals surface area contributed by atoms with Crippen molar-refractivity contribution in [1.29, 1.82) is 0 Å². The van der Waals surface area contributed by atoms with Crippen LogP contribution in [0.1, 0.15) is 29.0 Å². The summed E-state index contributed by atoms with van der Waals surface area (Å²) in [5, 5.41) is 9.66. The van der Waals surface area contributed by atoms with Crippen molar-refractivity contribution in [3.05, 3.63) is 45.9 Å². The first-order valence-corrected chi connectivity index (χ1v) is 6.33. The van der Waals surface area contributed by atoms with Gasteiger partial charge in [-0.15, -0.1) is 11.3 Å². The minimum absolute atomic E-state index is 0.494. The molecule has 1 aromatic carbocycles. The zero-order chi connectivity index (χ0) is 12.3. The molecule has 4 heteroatoms. The normalized spacial score (nSPS) is 12.4. The van der Waals surface area contributed by atoms with E-state index in [-0.39, 0.29) is 0 Å². The Morgan fingerprint density at radius 2 is 2.29 bits per heavy atom. The number of aromatic nitrogens is 1. The Kier molecular flexibility index (Phi) is 3.76. The molecule has 0 saturated heterocycles. The van der Waals surface area contributed by atoms with E-state index in [4.69, 9.17) is 4.74 Å². The molecule has 2 rings (SSSR count). The Morgan fingerprint density at radius 1 is 1.47 bits per heavy atom. The number of aliphatic hydroxyl groups is 1. The number of hydrogen-bond acceptors (Lipinski definition) is 4. The van der Waals surface area contributed by atoms with E-state index in [1.54, 1.807) is 30.0 Å². The van der Waals surface area contributed by atoms with E-state index >= 15 is 0 Å². The second kappa shape index (κ2) is 5.29. The molecule has 17 heavy (non-hydrogen) atoms. The van der Waals surface area contributed by atoms with Crippen LogP contribution in [0.2, 0.25) is 0 Å². The van der Waals surface area contributed by atoms with Crippen LogP contribution in [0.25, 0.3) is 0 Å². The molecular weight excluding hydrogens is 234 g/mol. The van der Waals surface area contributed by atoms with Crippen molar-refractivity contribution in [2.24, 2.45) is 0 Å². The molecule has 0 saturated carbocycles. The van der Waals surface area contributed by atoms with Gasteiger partial charge in [0.2, 0.25) is 0 Å². The lowest BCUT2D eigenvalue weighted by atomic mass is 10.1. The number of hydrogen-bond donors (Lipinski definition) is 1. The highest BCUT2D eigenvalue weighted by molar-refractivity contribution is 7.09. The fourth-order valence-corrected chi connectivity index (χ4v) is 2.08. The van der Waals surface area contributed by atoms with Crippen molar-refractivity contribution in [2.45, 2.75) is 26.6 Å². The van der Waals surface area contributed by atoms with E-state index in [0.717, 1.165) is 21.8 Å². The third kappa shape index (κ3) is 3.05. The molecule has 0 spiro atoms. The molecule has 2 aromatic rings. The standard InChI is InChI=1S/C13H15NO2S/c1-9-3-4-12(10(2)15)13(5-9)16-7-11-6-14-8-17-11/h3-6,8,10,15H,7H2,1-2H3/t10-/m0/s1. The second-order valence-electron chi connectivity index (χ2n) is 3.97. The van der Waals surface area contributed by atoms with Gasteiger partial charge in [-0.05, 0) is 25.5 Å². The van der Waals surface area contributed by atoms with Crippen LogP contribution in [-0.4, -0.2) is 10.1 Å². The van der Waals surface area contributed by atoms with Crippen molar-refractivity contribution in [1.82, 2.24) is 4.98 Å². The zero-order valence-corrected chi connectivity index (χ0v) is 10.7. The number of aliphatic hydroxyl groups excluding tert-OH is 1. The molecule has 90 valence electrons. The molecule has 0 unspecified atom stereocenters. The minimum Gasteiger partial charge on any atom is -0.488 e. The maximum Gasteiger partial charge on any atom is 0.125 e. The van der Waals surface area contributed by atoms with Gasteiger partial charge in [0.25, 0.3) is 0 Å². The highest BCUT2D eigenvalue weighted by Crippen LogP contribution is 2.27. The van der Waals surface area contributed by atoms with E-state index in [9.17, 15) is 5.11 Å². The summed E-state index contributed by atoms with van der Waals surface area (Å²) < 4.78 is 5.73. The molecule has 0 bridgehead atoms. The van der Waals surface area contributed by atoms with Crippen molar-refractivity contribution >= 4 is 11.3 Å². The van der Waals surface area contributed by atoms with Crippen molar-refractivity contribution in [3.63, 3.8) is 0 Å². The molecule has 0 radical (unpaired) electrons. The first-order valence-electron chi connectivity index (χ1n) is 5.45. The van der Waals surface area contributed by atoms with E-state index in [1.165, 1.54) is 0 Å². The molecule has 1 N–H and O–H groups in total. The summed E-state index contributed by atoms with van der Waals surface area (Å²) in [5.41, 5.74) is 3.72. The molecule has 0 aliphatic rings. The Hall–Kier alpha value is -1.39. The lowest BCUT2D eigenvalue weighted by Gasteiger charge is -2.13. The summed E-state index contributed by atoms with van der Waals surface area (Å²) in [6.07, 6.45) is 1.27. The van der Waals surface area contributed by atoms with Crippen LogP contribution < -0.4 is 4.74 Å². The topological polar surface area (TPSA) is 42.4 Å². The highest BCUT2D eigenvalue weighted by Gasteiger charge is 2.09. The number of nitrogens with zero attached hydrogens (tertiary/aromatic N) is 1. The number of thiazole rings is 1. The molecule has 0 amide bonds. The Balaban J connectivity index is 2.16. The molecule has 0 aliphatic heterocycles. The van der Waals surface area contributed by atoms with Crippen LogP contribution in [0.5, 0.6) is 5.75 Å². The van der Waals surface area contributed by atoms with E-state index in [0.29, 0.717) is 6.61 Å². The van der Waals surface area contributed by atoms with Gasteiger partial charge in [-0.25, -0.2) is 0 Å². The van der Waals surface area contributed by atoms with Crippen LogP contribution in [0.4, 0.5) is 0 Å². The first kappa shape index (κ1) is 12.1. The number of rotatable bonds is 4. The highest BCUT2D eigenvalue weighted by atomic mass is 32.1. The minimum atomic E-state index is -0.521. The van der Waals surface area contributed by atoms with Crippen LogP contribution in [0, 0.1) is 6.92 Å². The van der Waals surface area contributed by atoms with E-state index in [1.807, 2.05) is 25.1 Å². The zero-order valence-electron chi connectivity index (χ0n) is 9.88.